The summed E-state index contributed by atoms with van der Waals surface area (Å²) in [6.45, 7) is 1.74. The number of nitriles is 1. The number of rotatable bonds is 8. The maximum absolute atomic E-state index is 13.5. The maximum Gasteiger partial charge on any atom is 0.254 e. The van der Waals surface area contributed by atoms with Gasteiger partial charge in [-0.15, -0.1) is 0 Å². The Morgan fingerprint density at radius 2 is 1.82 bits per heavy atom. The second kappa shape index (κ2) is 12.4. The van der Waals surface area contributed by atoms with Crippen LogP contribution in [0, 0.1) is 11.3 Å². The van der Waals surface area contributed by atoms with E-state index in [1.807, 2.05) is 18.2 Å². The molecule has 10 heteroatoms. The number of methoxy groups -OCH3 is 1. The summed E-state index contributed by atoms with van der Waals surface area (Å²) >= 11 is 7.15. The molecule has 1 heterocycles. The predicted octanol–water partition coefficient (Wildman–Crippen LogP) is 5.76. The van der Waals surface area contributed by atoms with E-state index in [0.29, 0.717) is 38.3 Å². The summed E-state index contributed by atoms with van der Waals surface area (Å²) in [5.41, 5.74) is 2.84. The van der Waals surface area contributed by atoms with Crippen LogP contribution in [0.3, 0.4) is 0 Å². The van der Waals surface area contributed by atoms with Crippen molar-refractivity contribution in [2.24, 2.45) is 0 Å². The first-order chi connectivity index (χ1) is 18.8. The maximum atomic E-state index is 13.5. The number of hydrogen-bond donors (Lipinski definition) is 4. The van der Waals surface area contributed by atoms with Gasteiger partial charge in [0.05, 0.1) is 35.5 Å². The molecule has 4 N–H and O–H groups in total. The molecule has 39 heavy (non-hydrogen) atoms. The minimum atomic E-state index is -0.784. The van der Waals surface area contributed by atoms with Gasteiger partial charge in [-0.25, -0.2) is 0 Å². The number of amides is 2. The molecule has 8 nitrogen and oxygen atoms in total. The zero-order valence-electron chi connectivity index (χ0n) is 21.1. The Hall–Kier alpha value is -4.39. The number of nitrogens with zero attached hydrogens (tertiary/aromatic N) is 1. The molecule has 1 atom stereocenters. The van der Waals surface area contributed by atoms with Crippen molar-refractivity contribution in [2.75, 3.05) is 23.5 Å². The minimum Gasteiger partial charge on any atom is -0.504 e. The number of nitrogens with one attached hydrogen (secondary N) is 3. The molecule has 2 amide bonds. The van der Waals surface area contributed by atoms with E-state index in [1.54, 1.807) is 55.5 Å². The number of halogens is 1. The normalized spacial score (nSPS) is 14.8. The van der Waals surface area contributed by atoms with Crippen molar-refractivity contribution in [2.45, 2.75) is 12.8 Å². The van der Waals surface area contributed by atoms with E-state index in [9.17, 15) is 20.0 Å². The number of aromatic hydroxyl groups is 1. The Morgan fingerprint density at radius 3 is 2.51 bits per heavy atom. The number of phenols is 1. The Labute approximate surface area is 235 Å². The molecule has 0 saturated carbocycles. The van der Waals surface area contributed by atoms with Crippen molar-refractivity contribution < 1.29 is 19.4 Å². The summed E-state index contributed by atoms with van der Waals surface area (Å²) in [6, 6.07) is 22.7. The number of benzene rings is 3. The molecule has 0 radical (unpaired) electrons. The number of ether oxygens (including phenoxy) is 1. The lowest BCUT2D eigenvalue weighted by Crippen LogP contribution is -2.31. The van der Waals surface area contributed by atoms with Crippen molar-refractivity contribution in [3.63, 3.8) is 0 Å². The number of thioether (sulfide) groups is 1. The highest BCUT2D eigenvalue weighted by molar-refractivity contribution is 8.03. The largest absolute Gasteiger partial charge is 0.504 e. The first-order valence-electron chi connectivity index (χ1n) is 11.8. The van der Waals surface area contributed by atoms with Gasteiger partial charge in [0, 0.05) is 27.7 Å². The molecule has 4 rings (SSSR count). The van der Waals surface area contributed by atoms with Crippen LogP contribution in [0.4, 0.5) is 11.4 Å². The average molecular weight is 561 g/mol. The third-order valence-corrected chi connectivity index (χ3v) is 7.17. The number of allylic oxidation sites excluding steroid dienone is 2. The monoisotopic (exact) mass is 560 g/mol. The van der Waals surface area contributed by atoms with Gasteiger partial charge in [-0.2, -0.15) is 5.26 Å². The van der Waals surface area contributed by atoms with Crippen molar-refractivity contribution in [3.05, 3.63) is 105 Å². The summed E-state index contributed by atoms with van der Waals surface area (Å²) in [7, 11) is 1.42. The molecular weight excluding hydrogens is 536 g/mol. The summed E-state index contributed by atoms with van der Waals surface area (Å²) < 4.78 is 5.29. The number of dihydropyridines is 1. The molecule has 1 aliphatic rings. The Bertz CT molecular complexity index is 1520. The molecule has 0 saturated heterocycles. The molecule has 3 aromatic carbocycles. The highest BCUT2D eigenvalue weighted by Crippen LogP contribution is 2.43. The number of anilines is 2. The van der Waals surface area contributed by atoms with Crippen LogP contribution in [0.1, 0.15) is 18.4 Å². The fourth-order valence-corrected chi connectivity index (χ4v) is 5.24. The summed E-state index contributed by atoms with van der Waals surface area (Å²) in [5, 5.41) is 30.2. The van der Waals surface area contributed by atoms with Crippen molar-refractivity contribution in [1.82, 2.24) is 5.32 Å². The fourth-order valence-electron chi connectivity index (χ4n) is 4.16. The third-order valence-electron chi connectivity index (χ3n) is 5.92. The molecule has 0 spiro atoms. The van der Waals surface area contributed by atoms with Gasteiger partial charge in [0.1, 0.15) is 0 Å². The lowest BCUT2D eigenvalue weighted by molar-refractivity contribution is -0.114. The second-order valence-electron chi connectivity index (χ2n) is 8.55. The van der Waals surface area contributed by atoms with Gasteiger partial charge < -0.3 is 25.8 Å². The van der Waals surface area contributed by atoms with E-state index in [1.165, 1.54) is 13.2 Å². The van der Waals surface area contributed by atoms with Crippen LogP contribution in [-0.2, 0) is 9.59 Å². The van der Waals surface area contributed by atoms with Crippen LogP contribution < -0.4 is 20.7 Å². The van der Waals surface area contributed by atoms with E-state index >= 15 is 0 Å². The van der Waals surface area contributed by atoms with Gasteiger partial charge in [0.15, 0.2) is 11.5 Å². The minimum absolute atomic E-state index is 0.00444. The first-order valence-corrected chi connectivity index (χ1v) is 13.2. The molecule has 1 unspecified atom stereocenters. The molecule has 0 bridgehead atoms. The fraction of sp³-hybridized carbons (Fsp3) is 0.138. The molecule has 1 aliphatic heterocycles. The highest BCUT2D eigenvalue weighted by atomic mass is 35.5. The average Bonchev–Trinajstić information content (AvgIpc) is 2.92. The third kappa shape index (κ3) is 6.55. The standard InChI is InChI=1S/C29H25ClN4O4S/c1-17-26(28(37)34-20-8-4-3-5-9-20)27(18-11-12-23(35)24(13-18)38-2)22(15-31)29(32-17)39-16-25(36)33-21-10-6-7-19(30)14-21/h3-14,27,32,35H,16H2,1-2H3,(H,33,36)(H,34,37). The number of phenolic OH excluding ortho intramolecular Hbond substituents is 1. The number of carbonyl (C=O) groups is 2. The topological polar surface area (TPSA) is 123 Å². The van der Waals surface area contributed by atoms with Crippen LogP contribution in [0.25, 0.3) is 0 Å². The lowest BCUT2D eigenvalue weighted by Gasteiger charge is -2.30. The number of hydrogen-bond acceptors (Lipinski definition) is 7. The van der Waals surface area contributed by atoms with E-state index in [2.05, 4.69) is 22.0 Å². The van der Waals surface area contributed by atoms with Gasteiger partial charge in [0.2, 0.25) is 5.91 Å². The van der Waals surface area contributed by atoms with Crippen LogP contribution in [-0.4, -0.2) is 29.8 Å². The zero-order chi connectivity index (χ0) is 27.9. The van der Waals surface area contributed by atoms with E-state index in [4.69, 9.17) is 16.3 Å². The van der Waals surface area contributed by atoms with Crippen LogP contribution >= 0.6 is 23.4 Å². The Kier molecular flexibility index (Phi) is 8.81. The number of para-hydroxylation sites is 1. The van der Waals surface area contributed by atoms with Crippen molar-refractivity contribution >= 4 is 46.6 Å². The molecule has 0 aliphatic carbocycles. The van der Waals surface area contributed by atoms with Gasteiger partial charge in [-0.05, 0) is 55.0 Å². The summed E-state index contributed by atoms with van der Waals surface area (Å²) in [4.78, 5) is 26.2. The van der Waals surface area contributed by atoms with E-state index in [0.717, 1.165) is 11.8 Å². The molecule has 198 valence electrons. The lowest BCUT2D eigenvalue weighted by atomic mass is 9.82. The van der Waals surface area contributed by atoms with Gasteiger partial charge in [-0.3, -0.25) is 9.59 Å². The second-order valence-corrected chi connectivity index (χ2v) is 9.97. The van der Waals surface area contributed by atoms with E-state index < -0.39 is 11.8 Å². The van der Waals surface area contributed by atoms with Crippen LogP contribution in [0.15, 0.2) is 94.7 Å². The Morgan fingerprint density at radius 1 is 1.08 bits per heavy atom. The SMILES string of the molecule is COc1cc(C2C(C#N)=C(SCC(=O)Nc3cccc(Cl)c3)NC(C)=C2C(=O)Nc2ccccc2)ccc1O. The predicted molar refractivity (Wildman–Crippen MR) is 153 cm³/mol. The van der Waals surface area contributed by atoms with Gasteiger partial charge in [0.25, 0.3) is 5.91 Å². The quantitative estimate of drug-likeness (QED) is 0.276. The molecular formula is C29H25ClN4O4S. The molecule has 0 aromatic heterocycles. The van der Waals surface area contributed by atoms with Crippen LogP contribution in [0.2, 0.25) is 5.02 Å². The Balaban J connectivity index is 1.67. The number of carbonyl (C=O) groups excluding carboxylic acids is 2. The van der Waals surface area contributed by atoms with Gasteiger partial charge >= 0.3 is 0 Å². The smallest absolute Gasteiger partial charge is 0.254 e. The van der Waals surface area contributed by atoms with Gasteiger partial charge in [-0.1, -0.05) is 53.7 Å². The van der Waals surface area contributed by atoms with E-state index in [-0.39, 0.29) is 28.7 Å². The summed E-state index contributed by atoms with van der Waals surface area (Å²) in [5.74, 6) is -1.32. The zero-order valence-corrected chi connectivity index (χ0v) is 22.7. The van der Waals surface area contributed by atoms with Crippen molar-refractivity contribution in [1.29, 1.82) is 5.26 Å². The molecule has 0 fully saturated rings. The van der Waals surface area contributed by atoms with Crippen LogP contribution in [0.5, 0.6) is 11.5 Å². The van der Waals surface area contributed by atoms with Crippen molar-refractivity contribution in [3.8, 4) is 17.6 Å². The molecule has 3 aromatic rings. The summed E-state index contributed by atoms with van der Waals surface area (Å²) in [6.07, 6.45) is 0. The highest BCUT2D eigenvalue weighted by Gasteiger charge is 2.35. The first kappa shape index (κ1) is 27.6.